The van der Waals surface area contributed by atoms with Crippen LogP contribution in [0.5, 0.6) is 11.5 Å². The number of aryl methyl sites for hydroxylation is 2. The van der Waals surface area contributed by atoms with Crippen LogP contribution in [0.4, 0.5) is 0 Å². The van der Waals surface area contributed by atoms with Crippen molar-refractivity contribution in [2.45, 2.75) is 26.3 Å². The summed E-state index contributed by atoms with van der Waals surface area (Å²) in [6, 6.07) is 10.9. The van der Waals surface area contributed by atoms with Crippen LogP contribution in [0.15, 0.2) is 58.4 Å². The highest BCUT2D eigenvalue weighted by molar-refractivity contribution is 6.30. The lowest BCUT2D eigenvalue weighted by Gasteiger charge is -2.16. The second kappa shape index (κ2) is 10.5. The Hall–Kier alpha value is -3.98. The summed E-state index contributed by atoms with van der Waals surface area (Å²) in [4.78, 5) is 45.6. The van der Waals surface area contributed by atoms with E-state index < -0.39 is 11.2 Å². The fraction of sp³-hybridized carbons (Fsp3) is 0.240. The number of rotatable bonds is 9. The first-order chi connectivity index (χ1) is 16.9. The molecule has 0 saturated carbocycles. The Labute approximate surface area is 205 Å². The van der Waals surface area contributed by atoms with Crippen molar-refractivity contribution in [1.82, 2.24) is 19.1 Å². The lowest BCUT2D eigenvalue weighted by atomic mass is 10.0. The average molecular weight is 495 g/mol. The number of fused-ring (bicyclic) bond motifs is 1. The molecule has 0 aliphatic carbocycles. The zero-order chi connectivity index (χ0) is 24.9. The van der Waals surface area contributed by atoms with Gasteiger partial charge in [-0.25, -0.2) is 9.78 Å². The van der Waals surface area contributed by atoms with Gasteiger partial charge < -0.3 is 9.47 Å². The molecule has 4 aromatic rings. The van der Waals surface area contributed by atoms with Crippen molar-refractivity contribution in [2.24, 2.45) is 7.05 Å². The normalized spacial score (nSPS) is 10.9. The Morgan fingerprint density at radius 3 is 2.51 bits per heavy atom. The summed E-state index contributed by atoms with van der Waals surface area (Å²) >= 11 is 6.05. The van der Waals surface area contributed by atoms with E-state index in [4.69, 9.17) is 21.1 Å². The van der Waals surface area contributed by atoms with E-state index in [1.54, 1.807) is 31.4 Å². The zero-order valence-electron chi connectivity index (χ0n) is 19.2. The molecular formula is C25H23ClN4O5. The monoisotopic (exact) mass is 494 g/mol. The van der Waals surface area contributed by atoms with E-state index in [-0.39, 0.29) is 24.2 Å². The first-order valence-corrected chi connectivity index (χ1v) is 11.3. The van der Waals surface area contributed by atoms with Crippen LogP contribution >= 0.6 is 11.6 Å². The van der Waals surface area contributed by atoms with E-state index in [1.165, 1.54) is 10.8 Å². The summed E-state index contributed by atoms with van der Waals surface area (Å²) in [7, 11) is 1.56. The maximum Gasteiger partial charge on any atom is 0.332 e. The Morgan fingerprint density at radius 2 is 1.83 bits per heavy atom. The molecule has 3 heterocycles. The molecule has 0 N–H and O–H groups in total. The highest BCUT2D eigenvalue weighted by Gasteiger charge is 2.20. The molecule has 10 heteroatoms. The van der Waals surface area contributed by atoms with E-state index in [2.05, 4.69) is 9.97 Å². The van der Waals surface area contributed by atoms with Crippen molar-refractivity contribution >= 4 is 29.1 Å². The Morgan fingerprint density at radius 1 is 1.06 bits per heavy atom. The molecule has 0 bridgehead atoms. The van der Waals surface area contributed by atoms with E-state index >= 15 is 0 Å². The summed E-state index contributed by atoms with van der Waals surface area (Å²) < 4.78 is 13.3. The maximum atomic E-state index is 13.6. The fourth-order valence-electron chi connectivity index (χ4n) is 3.76. The van der Waals surface area contributed by atoms with Gasteiger partial charge in [0.25, 0.3) is 12.0 Å². The van der Waals surface area contributed by atoms with Gasteiger partial charge in [-0.2, -0.15) is 0 Å². The number of ether oxygens (including phenoxy) is 2. The summed E-state index contributed by atoms with van der Waals surface area (Å²) in [6.07, 6.45) is 3.75. The number of pyridine rings is 2. The second-order valence-corrected chi connectivity index (χ2v) is 8.40. The third-order valence-electron chi connectivity index (χ3n) is 5.54. The predicted molar refractivity (Wildman–Crippen MR) is 131 cm³/mol. The lowest BCUT2D eigenvalue weighted by molar-refractivity contribution is -0.128. The van der Waals surface area contributed by atoms with Crippen LogP contribution in [-0.2, 0) is 29.5 Å². The number of aromatic nitrogens is 4. The predicted octanol–water partition coefficient (Wildman–Crippen LogP) is 3.40. The van der Waals surface area contributed by atoms with E-state index in [9.17, 15) is 14.4 Å². The molecule has 0 unspecified atom stereocenters. The van der Waals surface area contributed by atoms with Gasteiger partial charge in [0.2, 0.25) is 0 Å². The topological polar surface area (TPSA) is 105 Å². The quantitative estimate of drug-likeness (QED) is 0.259. The molecule has 0 aliphatic rings. The minimum absolute atomic E-state index is 0.0860. The number of halogens is 1. The number of carbonyl (C=O) groups excluding carboxylic acids is 1. The van der Waals surface area contributed by atoms with E-state index in [0.29, 0.717) is 41.4 Å². The van der Waals surface area contributed by atoms with Crippen molar-refractivity contribution in [3.05, 3.63) is 91.5 Å². The second-order valence-electron chi connectivity index (χ2n) is 7.96. The highest BCUT2D eigenvalue weighted by atomic mass is 35.5. The summed E-state index contributed by atoms with van der Waals surface area (Å²) in [6.45, 7) is 2.38. The zero-order valence-corrected chi connectivity index (χ0v) is 20.0. The maximum absolute atomic E-state index is 13.6. The van der Waals surface area contributed by atoms with Crippen LogP contribution in [0.1, 0.15) is 23.2 Å². The largest absolute Gasteiger partial charge is 0.468 e. The molecule has 9 nitrogen and oxygen atoms in total. The summed E-state index contributed by atoms with van der Waals surface area (Å²) in [5.41, 5.74) is 1.57. The molecule has 180 valence electrons. The van der Waals surface area contributed by atoms with Gasteiger partial charge in [-0.15, -0.1) is 0 Å². The van der Waals surface area contributed by atoms with Crippen molar-refractivity contribution in [2.75, 3.05) is 6.61 Å². The molecule has 0 aliphatic heterocycles. The molecule has 0 fully saturated rings. The van der Waals surface area contributed by atoms with Gasteiger partial charge in [-0.3, -0.25) is 23.7 Å². The molecular weight excluding hydrogens is 472 g/mol. The van der Waals surface area contributed by atoms with Gasteiger partial charge in [-0.05, 0) is 43.2 Å². The number of carbonyl (C=O) groups is 1. The van der Waals surface area contributed by atoms with Gasteiger partial charge in [-0.1, -0.05) is 23.7 Å². The number of benzene rings is 1. The lowest BCUT2D eigenvalue weighted by Crippen LogP contribution is -2.40. The van der Waals surface area contributed by atoms with Gasteiger partial charge in [0.05, 0.1) is 24.4 Å². The van der Waals surface area contributed by atoms with Crippen LogP contribution in [0, 0.1) is 6.92 Å². The summed E-state index contributed by atoms with van der Waals surface area (Å²) in [5.74, 6) is 0.870. The van der Waals surface area contributed by atoms with Crippen LogP contribution < -0.4 is 16.0 Å². The van der Waals surface area contributed by atoms with Crippen molar-refractivity contribution in [3.8, 4) is 11.5 Å². The van der Waals surface area contributed by atoms with E-state index in [1.807, 2.05) is 25.1 Å². The Kier molecular flexibility index (Phi) is 7.26. The number of hydrogen-bond acceptors (Lipinski definition) is 7. The molecule has 1 aromatic carbocycles. The van der Waals surface area contributed by atoms with Gasteiger partial charge in [0.15, 0.2) is 0 Å². The van der Waals surface area contributed by atoms with Gasteiger partial charge in [0.1, 0.15) is 17.1 Å². The third kappa shape index (κ3) is 5.25. The minimum atomic E-state index is -0.505. The van der Waals surface area contributed by atoms with Gasteiger partial charge >= 0.3 is 5.69 Å². The molecule has 3 aromatic heterocycles. The molecule has 0 atom stereocenters. The molecule has 0 saturated heterocycles. The number of nitrogens with zero attached hydrogens (tertiary/aromatic N) is 4. The third-order valence-corrected chi connectivity index (χ3v) is 5.79. The van der Waals surface area contributed by atoms with Gasteiger partial charge in [0, 0.05) is 36.3 Å². The molecule has 4 rings (SSSR count). The summed E-state index contributed by atoms with van der Waals surface area (Å²) in [5, 5.41) is 0.869. The molecule has 0 spiro atoms. The fourth-order valence-corrected chi connectivity index (χ4v) is 3.88. The van der Waals surface area contributed by atoms with E-state index in [0.717, 1.165) is 15.8 Å². The molecule has 0 amide bonds. The molecule has 0 radical (unpaired) electrons. The van der Waals surface area contributed by atoms with Crippen LogP contribution in [0.3, 0.4) is 0 Å². The molecule has 35 heavy (non-hydrogen) atoms. The van der Waals surface area contributed by atoms with Crippen LogP contribution in [0.2, 0.25) is 5.02 Å². The van der Waals surface area contributed by atoms with Crippen molar-refractivity contribution < 1.29 is 14.3 Å². The SMILES string of the molecule is Cc1ccc(Oc2cnc3c(c2Cc2ccc(Cl)cc2)c(=O)n(CCCOC=O)c(=O)n3C)cn1. The van der Waals surface area contributed by atoms with Crippen molar-refractivity contribution in [1.29, 1.82) is 0 Å². The number of hydrogen-bond donors (Lipinski definition) is 0. The van der Waals surface area contributed by atoms with Crippen LogP contribution in [-0.4, -0.2) is 32.2 Å². The van der Waals surface area contributed by atoms with Crippen molar-refractivity contribution in [3.63, 3.8) is 0 Å². The average Bonchev–Trinajstić information content (AvgIpc) is 2.85. The Balaban J connectivity index is 1.90. The smallest absolute Gasteiger partial charge is 0.332 e. The highest BCUT2D eigenvalue weighted by Crippen LogP contribution is 2.30. The minimum Gasteiger partial charge on any atom is -0.468 e. The standard InChI is InChI=1S/C25H23ClN4O5/c1-16-4-9-19(13-27-16)35-21-14-28-23-22(20(21)12-17-5-7-18(26)8-6-17)24(32)30(25(33)29(23)2)10-3-11-34-15-31/h4-9,13-15H,3,10-12H2,1-2H3. The Bertz CT molecular complexity index is 1480. The first kappa shape index (κ1) is 24.2. The first-order valence-electron chi connectivity index (χ1n) is 10.9. The van der Waals surface area contributed by atoms with Crippen LogP contribution in [0.25, 0.3) is 11.0 Å².